The number of hydrogen-bond acceptors (Lipinski definition) is 8. The first-order chi connectivity index (χ1) is 13.0. The third-order valence-corrected chi connectivity index (χ3v) is 4.84. The number of ether oxygens (including phenoxy) is 3. The van der Waals surface area contributed by atoms with Crippen molar-refractivity contribution in [2.45, 2.75) is 13.5 Å². The van der Waals surface area contributed by atoms with Crippen LogP contribution in [0.3, 0.4) is 0 Å². The summed E-state index contributed by atoms with van der Waals surface area (Å²) in [4.78, 5) is 28.7. The summed E-state index contributed by atoms with van der Waals surface area (Å²) in [5.41, 5.74) is 1.14. The lowest BCUT2D eigenvalue weighted by molar-refractivity contribution is -0.141. The summed E-state index contributed by atoms with van der Waals surface area (Å²) in [6.45, 7) is 1.55. The van der Waals surface area contributed by atoms with Gasteiger partial charge in [0, 0.05) is 6.07 Å². The van der Waals surface area contributed by atoms with Crippen molar-refractivity contribution in [2.75, 3.05) is 21.3 Å². The molecule has 0 N–H and O–H groups in total. The third-order valence-electron chi connectivity index (χ3n) is 3.74. The molecule has 1 amide bonds. The number of hydrogen-bond donors (Lipinski definition) is 0. The van der Waals surface area contributed by atoms with Gasteiger partial charge in [0.15, 0.2) is 4.80 Å². The molecule has 0 atom stereocenters. The molecule has 10 heteroatoms. The fourth-order valence-electron chi connectivity index (χ4n) is 2.49. The van der Waals surface area contributed by atoms with Crippen LogP contribution in [0.25, 0.3) is 10.2 Å². The van der Waals surface area contributed by atoms with Gasteiger partial charge in [-0.05, 0) is 19.1 Å². The third kappa shape index (κ3) is 3.56. The number of thiazole rings is 1. The number of aryl methyl sites for hydroxylation is 1. The van der Waals surface area contributed by atoms with Gasteiger partial charge in [0.05, 0.1) is 27.0 Å². The van der Waals surface area contributed by atoms with Gasteiger partial charge < -0.3 is 23.3 Å². The number of nitrogens with zero attached hydrogens (tertiary/aromatic N) is 3. The monoisotopic (exact) mass is 391 g/mol. The molecule has 0 saturated heterocycles. The zero-order chi connectivity index (χ0) is 19.6. The van der Waals surface area contributed by atoms with E-state index >= 15 is 0 Å². The van der Waals surface area contributed by atoms with Crippen LogP contribution in [0.15, 0.2) is 27.7 Å². The molecule has 0 radical (unpaired) electrons. The fraction of sp³-hybridized carbons (Fsp3) is 0.294. The highest BCUT2D eigenvalue weighted by Crippen LogP contribution is 2.35. The maximum atomic E-state index is 12.4. The Bertz CT molecular complexity index is 1080. The van der Waals surface area contributed by atoms with Gasteiger partial charge >= 0.3 is 11.9 Å². The Morgan fingerprint density at radius 2 is 1.93 bits per heavy atom. The maximum absolute atomic E-state index is 12.4. The molecule has 0 unspecified atom stereocenters. The van der Waals surface area contributed by atoms with Gasteiger partial charge in [-0.2, -0.15) is 4.99 Å². The minimum absolute atomic E-state index is 0.00787. The zero-order valence-corrected chi connectivity index (χ0v) is 16.0. The van der Waals surface area contributed by atoms with Crippen molar-refractivity contribution >= 4 is 33.4 Å². The summed E-state index contributed by atoms with van der Waals surface area (Å²) >= 11 is 1.19. The molecular weight excluding hydrogens is 374 g/mol. The van der Waals surface area contributed by atoms with Crippen LogP contribution < -0.4 is 14.3 Å². The van der Waals surface area contributed by atoms with Crippen LogP contribution in [0.2, 0.25) is 0 Å². The number of amides is 1. The lowest BCUT2D eigenvalue weighted by Gasteiger charge is -2.09. The van der Waals surface area contributed by atoms with Crippen molar-refractivity contribution in [1.29, 1.82) is 0 Å². The van der Waals surface area contributed by atoms with Gasteiger partial charge in [-0.25, -0.2) is 0 Å². The first kappa shape index (κ1) is 18.6. The molecule has 9 nitrogen and oxygen atoms in total. The van der Waals surface area contributed by atoms with Crippen LogP contribution >= 0.6 is 11.3 Å². The van der Waals surface area contributed by atoms with E-state index in [9.17, 15) is 9.59 Å². The minimum atomic E-state index is -0.612. The Morgan fingerprint density at radius 3 is 2.52 bits per heavy atom. The smallest absolute Gasteiger partial charge is 0.325 e. The Balaban J connectivity index is 2.27. The summed E-state index contributed by atoms with van der Waals surface area (Å²) in [7, 11) is 4.33. The van der Waals surface area contributed by atoms with E-state index in [1.165, 1.54) is 38.7 Å². The number of carbonyl (C=O) groups is 2. The molecule has 3 aromatic rings. The van der Waals surface area contributed by atoms with E-state index in [1.54, 1.807) is 23.6 Å². The van der Waals surface area contributed by atoms with Gasteiger partial charge in [-0.3, -0.25) is 9.59 Å². The number of aromatic nitrogens is 2. The largest absolute Gasteiger partial charge is 0.495 e. The average Bonchev–Trinajstić information content (AvgIpc) is 3.25. The number of methoxy groups -OCH3 is 3. The quantitative estimate of drug-likeness (QED) is 0.612. The summed E-state index contributed by atoms with van der Waals surface area (Å²) in [6.07, 6.45) is 0. The van der Waals surface area contributed by atoms with Crippen LogP contribution in [0.4, 0.5) is 0 Å². The van der Waals surface area contributed by atoms with E-state index < -0.39 is 11.9 Å². The second kappa shape index (κ2) is 7.62. The van der Waals surface area contributed by atoms with E-state index in [0.717, 1.165) is 0 Å². The molecule has 0 bridgehead atoms. The molecule has 142 valence electrons. The van der Waals surface area contributed by atoms with Crippen molar-refractivity contribution < 1.29 is 28.3 Å². The average molecular weight is 391 g/mol. The Hall–Kier alpha value is -3.14. The summed E-state index contributed by atoms with van der Waals surface area (Å²) < 4.78 is 22.8. The second-order valence-electron chi connectivity index (χ2n) is 5.44. The topological polar surface area (TPSA) is 105 Å². The molecule has 0 spiro atoms. The number of benzene rings is 1. The molecule has 3 rings (SSSR count). The van der Waals surface area contributed by atoms with E-state index in [0.29, 0.717) is 27.4 Å². The van der Waals surface area contributed by atoms with Crippen molar-refractivity contribution in [2.24, 2.45) is 4.99 Å². The van der Waals surface area contributed by atoms with E-state index in [-0.39, 0.29) is 17.1 Å². The normalized spacial score (nSPS) is 11.6. The van der Waals surface area contributed by atoms with Gasteiger partial charge in [0.2, 0.25) is 5.76 Å². The molecule has 0 aliphatic carbocycles. The summed E-state index contributed by atoms with van der Waals surface area (Å²) in [5, 5.41) is 3.69. The molecule has 27 heavy (non-hydrogen) atoms. The summed E-state index contributed by atoms with van der Waals surface area (Å²) in [5.74, 6) is -0.0228. The number of fused-ring (bicyclic) bond motifs is 1. The van der Waals surface area contributed by atoms with Crippen molar-refractivity contribution in [3.05, 3.63) is 34.5 Å². The van der Waals surface area contributed by atoms with E-state index in [2.05, 4.69) is 10.1 Å². The highest BCUT2D eigenvalue weighted by molar-refractivity contribution is 7.16. The fourth-order valence-corrected chi connectivity index (χ4v) is 3.62. The number of carbonyl (C=O) groups excluding carboxylic acids is 2. The van der Waals surface area contributed by atoms with Crippen LogP contribution in [0.1, 0.15) is 16.2 Å². The Labute approximate surface area is 157 Å². The highest BCUT2D eigenvalue weighted by Gasteiger charge is 2.19. The molecule has 0 aliphatic heterocycles. The predicted octanol–water partition coefficient (Wildman–Crippen LogP) is 1.93. The number of esters is 1. The second-order valence-corrected chi connectivity index (χ2v) is 6.42. The van der Waals surface area contributed by atoms with Gasteiger partial charge in [-0.15, -0.1) is 0 Å². The van der Waals surface area contributed by atoms with E-state index in [1.807, 2.05) is 0 Å². The minimum Gasteiger partial charge on any atom is -0.495 e. The lowest BCUT2D eigenvalue weighted by atomic mass is 10.3. The highest BCUT2D eigenvalue weighted by atomic mass is 32.1. The SMILES string of the molecule is COC(=O)Cn1c(=NC(=O)c2cc(C)no2)sc2c(OC)ccc(OC)c21. The first-order valence-corrected chi connectivity index (χ1v) is 8.63. The maximum Gasteiger partial charge on any atom is 0.325 e. The van der Waals surface area contributed by atoms with Crippen LogP contribution in [-0.2, 0) is 16.1 Å². The number of rotatable bonds is 5. The van der Waals surface area contributed by atoms with E-state index in [4.69, 9.17) is 18.7 Å². The van der Waals surface area contributed by atoms with Crippen LogP contribution in [0.5, 0.6) is 11.5 Å². The molecule has 0 saturated carbocycles. The summed E-state index contributed by atoms with van der Waals surface area (Å²) in [6, 6.07) is 4.95. The first-order valence-electron chi connectivity index (χ1n) is 7.82. The predicted molar refractivity (Wildman–Crippen MR) is 96.1 cm³/mol. The van der Waals surface area contributed by atoms with Crippen molar-refractivity contribution in [1.82, 2.24) is 9.72 Å². The van der Waals surface area contributed by atoms with Crippen molar-refractivity contribution in [3.8, 4) is 11.5 Å². The van der Waals surface area contributed by atoms with Gasteiger partial charge in [-0.1, -0.05) is 16.5 Å². The molecule has 1 aromatic carbocycles. The standard InChI is InChI=1S/C17H17N3O6S/c1-9-7-12(26-19-9)16(22)18-17-20(8-13(21)25-4)14-10(23-2)5-6-11(24-3)15(14)27-17/h5-7H,8H2,1-4H3. The molecule has 0 fully saturated rings. The Kier molecular flexibility index (Phi) is 5.26. The van der Waals surface area contributed by atoms with Crippen LogP contribution in [0, 0.1) is 6.92 Å². The molecule has 2 aromatic heterocycles. The van der Waals surface area contributed by atoms with Gasteiger partial charge in [0.25, 0.3) is 0 Å². The molecule has 2 heterocycles. The molecular formula is C17H17N3O6S. The zero-order valence-electron chi connectivity index (χ0n) is 15.1. The Morgan fingerprint density at radius 1 is 1.22 bits per heavy atom. The van der Waals surface area contributed by atoms with Crippen LogP contribution in [-0.4, -0.2) is 42.9 Å². The van der Waals surface area contributed by atoms with Crippen molar-refractivity contribution in [3.63, 3.8) is 0 Å². The van der Waals surface area contributed by atoms with Gasteiger partial charge in [0.1, 0.15) is 28.3 Å². The molecule has 0 aliphatic rings. The lowest BCUT2D eigenvalue weighted by Crippen LogP contribution is -2.22.